The molecule has 0 fully saturated rings. The molecular weight excluding hydrogens is 494 g/mol. The van der Waals surface area contributed by atoms with Crippen molar-refractivity contribution in [2.45, 2.75) is 15.0 Å². The van der Waals surface area contributed by atoms with Gasteiger partial charge in [0.15, 0.2) is 0 Å². The third-order valence-electron chi connectivity index (χ3n) is 5.20. The van der Waals surface area contributed by atoms with E-state index in [0.717, 1.165) is 10.5 Å². The van der Waals surface area contributed by atoms with E-state index in [1.807, 2.05) is 30.3 Å². The van der Waals surface area contributed by atoms with Crippen molar-refractivity contribution in [3.63, 3.8) is 0 Å². The number of primary amides is 1. The highest BCUT2D eigenvalue weighted by Crippen LogP contribution is 2.37. The monoisotopic (exact) mass is 517 g/mol. The van der Waals surface area contributed by atoms with E-state index in [0.29, 0.717) is 11.4 Å². The fourth-order valence-electron chi connectivity index (χ4n) is 3.46. The van der Waals surface area contributed by atoms with Gasteiger partial charge in [-0.3, -0.25) is 14.3 Å². The number of para-hydroxylation sites is 1. The van der Waals surface area contributed by atoms with Crippen molar-refractivity contribution in [1.82, 2.24) is 0 Å². The van der Waals surface area contributed by atoms with Crippen molar-refractivity contribution in [2.75, 3.05) is 10.0 Å². The maximum atomic E-state index is 13.3. The molecular formula is C27H23N3O4S2. The number of hydrogen-bond acceptors (Lipinski definition) is 5. The predicted molar refractivity (Wildman–Crippen MR) is 142 cm³/mol. The van der Waals surface area contributed by atoms with Gasteiger partial charge in [0, 0.05) is 10.6 Å². The van der Waals surface area contributed by atoms with Gasteiger partial charge in [-0.25, -0.2) is 8.42 Å². The van der Waals surface area contributed by atoms with Crippen LogP contribution in [0.15, 0.2) is 119 Å². The van der Waals surface area contributed by atoms with Crippen LogP contribution < -0.4 is 15.8 Å². The molecule has 1 atom stereocenters. The largest absolute Gasteiger partial charge is 0.366 e. The first-order valence-corrected chi connectivity index (χ1v) is 13.3. The van der Waals surface area contributed by atoms with Gasteiger partial charge >= 0.3 is 0 Å². The molecule has 9 heteroatoms. The van der Waals surface area contributed by atoms with E-state index < -0.39 is 21.2 Å². The minimum Gasteiger partial charge on any atom is -0.366 e. The molecule has 0 heterocycles. The lowest BCUT2D eigenvalue weighted by Crippen LogP contribution is -2.22. The third kappa shape index (κ3) is 6.12. The SMILES string of the molecule is NC(=O)c1ccccc1NC(=O)C(Sc1ccc(NS(=O)(=O)c2ccccc2)cc1)c1ccccc1. The van der Waals surface area contributed by atoms with Gasteiger partial charge in [-0.1, -0.05) is 60.7 Å². The number of rotatable bonds is 9. The second kappa shape index (κ2) is 11.1. The van der Waals surface area contributed by atoms with Crippen LogP contribution in [0, 0.1) is 0 Å². The third-order valence-corrected chi connectivity index (χ3v) is 7.87. The molecule has 1 unspecified atom stereocenters. The molecule has 182 valence electrons. The average Bonchev–Trinajstić information content (AvgIpc) is 2.89. The Bertz CT molecular complexity index is 1460. The highest BCUT2D eigenvalue weighted by molar-refractivity contribution is 8.00. The van der Waals surface area contributed by atoms with Gasteiger partial charge in [0.25, 0.3) is 15.9 Å². The standard InChI is InChI=1S/C27H23N3O4S2/c28-26(31)23-13-7-8-14-24(23)29-27(32)25(19-9-3-1-4-10-19)35-21-17-15-20(16-18-21)30-36(33,34)22-11-5-2-6-12-22/h1-18,25,30H,(H2,28,31)(H,29,32). The Labute approximate surface area is 213 Å². The maximum absolute atomic E-state index is 13.3. The lowest BCUT2D eigenvalue weighted by molar-refractivity contribution is -0.115. The molecule has 0 bridgehead atoms. The van der Waals surface area contributed by atoms with Crippen molar-refractivity contribution in [3.05, 3.63) is 120 Å². The van der Waals surface area contributed by atoms with Gasteiger partial charge in [-0.15, -0.1) is 11.8 Å². The van der Waals surface area contributed by atoms with Crippen LogP contribution >= 0.6 is 11.8 Å². The first-order valence-electron chi connectivity index (χ1n) is 10.9. The molecule has 2 amide bonds. The summed E-state index contributed by atoms with van der Waals surface area (Å²) in [6, 6.07) is 30.7. The molecule has 0 aliphatic rings. The molecule has 0 aliphatic heterocycles. The summed E-state index contributed by atoms with van der Waals surface area (Å²) in [5.74, 6) is -0.961. The second-order valence-electron chi connectivity index (χ2n) is 7.75. The van der Waals surface area contributed by atoms with Gasteiger partial charge in [-0.05, 0) is 54.1 Å². The topological polar surface area (TPSA) is 118 Å². The summed E-state index contributed by atoms with van der Waals surface area (Å²) in [7, 11) is -3.71. The van der Waals surface area contributed by atoms with Crippen LogP contribution in [-0.2, 0) is 14.8 Å². The number of nitrogens with one attached hydrogen (secondary N) is 2. The fourth-order valence-corrected chi connectivity index (χ4v) is 5.56. The molecule has 0 aliphatic carbocycles. The van der Waals surface area contributed by atoms with E-state index in [4.69, 9.17) is 5.73 Å². The smallest absolute Gasteiger partial charge is 0.261 e. The lowest BCUT2D eigenvalue weighted by Gasteiger charge is -2.18. The van der Waals surface area contributed by atoms with Crippen molar-refractivity contribution < 1.29 is 18.0 Å². The summed E-state index contributed by atoms with van der Waals surface area (Å²) in [5.41, 5.74) is 7.18. The molecule has 0 saturated heterocycles. The van der Waals surface area contributed by atoms with Crippen LogP contribution in [0.1, 0.15) is 21.2 Å². The molecule has 4 aromatic carbocycles. The Morgan fingerprint density at radius 2 is 1.33 bits per heavy atom. The molecule has 36 heavy (non-hydrogen) atoms. The quantitative estimate of drug-likeness (QED) is 0.268. The number of carbonyl (C=O) groups excluding carboxylic acids is 2. The molecule has 0 saturated carbocycles. The normalized spacial score (nSPS) is 11.9. The van der Waals surface area contributed by atoms with Gasteiger partial charge in [-0.2, -0.15) is 0 Å². The minimum atomic E-state index is -3.71. The summed E-state index contributed by atoms with van der Waals surface area (Å²) in [4.78, 5) is 26.0. The van der Waals surface area contributed by atoms with Crippen molar-refractivity contribution >= 4 is 45.0 Å². The van der Waals surface area contributed by atoms with Crippen LogP contribution in [0.5, 0.6) is 0 Å². The van der Waals surface area contributed by atoms with E-state index >= 15 is 0 Å². The highest BCUT2D eigenvalue weighted by Gasteiger charge is 2.23. The Kier molecular flexibility index (Phi) is 7.72. The number of thioether (sulfide) groups is 1. The zero-order valence-electron chi connectivity index (χ0n) is 19.0. The summed E-state index contributed by atoms with van der Waals surface area (Å²) >= 11 is 1.30. The summed E-state index contributed by atoms with van der Waals surface area (Å²) in [6.07, 6.45) is 0. The molecule has 4 N–H and O–H groups in total. The number of hydrogen-bond donors (Lipinski definition) is 3. The molecule has 0 spiro atoms. The first-order chi connectivity index (χ1) is 17.3. The molecule has 7 nitrogen and oxygen atoms in total. The Balaban J connectivity index is 1.54. The number of amides is 2. The number of benzene rings is 4. The van der Waals surface area contributed by atoms with Crippen LogP contribution in [0.2, 0.25) is 0 Å². The van der Waals surface area contributed by atoms with Crippen molar-refractivity contribution in [1.29, 1.82) is 0 Å². The van der Waals surface area contributed by atoms with Crippen molar-refractivity contribution in [2.24, 2.45) is 5.73 Å². The van der Waals surface area contributed by atoms with Gasteiger partial charge < -0.3 is 11.1 Å². The summed E-state index contributed by atoms with van der Waals surface area (Å²) < 4.78 is 27.7. The summed E-state index contributed by atoms with van der Waals surface area (Å²) in [6.45, 7) is 0. The lowest BCUT2D eigenvalue weighted by atomic mass is 10.1. The van der Waals surface area contributed by atoms with Crippen LogP contribution in [0.3, 0.4) is 0 Å². The highest BCUT2D eigenvalue weighted by atomic mass is 32.2. The number of sulfonamides is 1. The zero-order chi connectivity index (χ0) is 25.5. The van der Waals surface area contributed by atoms with Crippen LogP contribution in [0.4, 0.5) is 11.4 Å². The summed E-state index contributed by atoms with van der Waals surface area (Å²) in [5, 5.41) is 2.18. The Morgan fingerprint density at radius 3 is 1.97 bits per heavy atom. The number of carbonyl (C=O) groups is 2. The number of nitrogens with two attached hydrogens (primary N) is 1. The minimum absolute atomic E-state index is 0.167. The second-order valence-corrected chi connectivity index (χ2v) is 10.6. The van der Waals surface area contributed by atoms with E-state index in [1.165, 1.54) is 23.9 Å². The molecule has 4 aromatic rings. The zero-order valence-corrected chi connectivity index (χ0v) is 20.6. The van der Waals surface area contributed by atoms with E-state index in [-0.39, 0.29) is 16.4 Å². The Hall–Kier alpha value is -4.08. The van der Waals surface area contributed by atoms with Crippen LogP contribution in [-0.4, -0.2) is 20.2 Å². The van der Waals surface area contributed by atoms with Crippen LogP contribution in [0.25, 0.3) is 0 Å². The van der Waals surface area contributed by atoms with E-state index in [9.17, 15) is 18.0 Å². The fraction of sp³-hybridized carbons (Fsp3) is 0.0370. The Morgan fingerprint density at radius 1 is 0.750 bits per heavy atom. The molecule has 0 radical (unpaired) electrons. The molecule has 0 aromatic heterocycles. The van der Waals surface area contributed by atoms with Gasteiger partial charge in [0.1, 0.15) is 5.25 Å². The maximum Gasteiger partial charge on any atom is 0.261 e. The molecule has 4 rings (SSSR count). The van der Waals surface area contributed by atoms with Gasteiger partial charge in [0.2, 0.25) is 5.91 Å². The van der Waals surface area contributed by atoms with Crippen molar-refractivity contribution in [3.8, 4) is 0 Å². The van der Waals surface area contributed by atoms with E-state index in [1.54, 1.807) is 66.7 Å². The first kappa shape index (κ1) is 25.0. The average molecular weight is 518 g/mol. The van der Waals surface area contributed by atoms with E-state index in [2.05, 4.69) is 10.0 Å². The predicted octanol–water partition coefficient (Wildman–Crippen LogP) is 5.06. The number of anilines is 2. The van der Waals surface area contributed by atoms with Gasteiger partial charge in [0.05, 0.1) is 16.1 Å².